The minimum atomic E-state index is -2.94. The van der Waals surface area contributed by atoms with Gasteiger partial charge in [0.25, 0.3) is 0 Å². The van der Waals surface area contributed by atoms with Gasteiger partial charge < -0.3 is 10.2 Å². The second-order valence-corrected chi connectivity index (χ2v) is 8.38. The standard InChI is InChI=1S/C13H25N3O3S/c1-10-7-16(11(2)6-14-10)8-13(17)15(3)12-4-5-20(18,19)9-12/h10-12,14H,4-9H2,1-3H3. The van der Waals surface area contributed by atoms with Gasteiger partial charge >= 0.3 is 0 Å². The van der Waals surface area contributed by atoms with Crippen molar-refractivity contribution >= 4 is 15.7 Å². The fraction of sp³-hybridized carbons (Fsp3) is 0.923. The van der Waals surface area contributed by atoms with Crippen molar-refractivity contribution in [1.29, 1.82) is 0 Å². The van der Waals surface area contributed by atoms with E-state index >= 15 is 0 Å². The van der Waals surface area contributed by atoms with Crippen molar-refractivity contribution in [1.82, 2.24) is 15.1 Å². The van der Waals surface area contributed by atoms with Crippen molar-refractivity contribution in [3.8, 4) is 0 Å². The van der Waals surface area contributed by atoms with Crippen LogP contribution in [-0.4, -0.2) is 80.4 Å². The lowest BCUT2D eigenvalue weighted by Crippen LogP contribution is -2.57. The van der Waals surface area contributed by atoms with Gasteiger partial charge in [-0.15, -0.1) is 0 Å². The van der Waals surface area contributed by atoms with Crippen LogP contribution in [0.15, 0.2) is 0 Å². The van der Waals surface area contributed by atoms with Gasteiger partial charge in [0.05, 0.1) is 18.1 Å². The van der Waals surface area contributed by atoms with Gasteiger partial charge in [-0.1, -0.05) is 0 Å². The molecule has 0 aromatic carbocycles. The molecule has 7 heteroatoms. The number of sulfone groups is 1. The molecule has 3 unspecified atom stereocenters. The molecule has 0 aliphatic carbocycles. The van der Waals surface area contributed by atoms with E-state index in [0.717, 1.165) is 13.1 Å². The first-order chi connectivity index (χ1) is 9.28. The number of hydrogen-bond acceptors (Lipinski definition) is 5. The molecule has 2 saturated heterocycles. The van der Waals surface area contributed by atoms with Crippen LogP contribution in [0, 0.1) is 0 Å². The van der Waals surface area contributed by atoms with Crippen LogP contribution in [0.5, 0.6) is 0 Å². The molecular formula is C13H25N3O3S. The Hall–Kier alpha value is -0.660. The van der Waals surface area contributed by atoms with Crippen LogP contribution in [-0.2, 0) is 14.6 Å². The lowest BCUT2D eigenvalue weighted by atomic mass is 10.1. The number of carbonyl (C=O) groups is 1. The molecule has 116 valence electrons. The minimum absolute atomic E-state index is 0.0213. The molecule has 6 nitrogen and oxygen atoms in total. The van der Waals surface area contributed by atoms with Gasteiger partial charge in [0.2, 0.25) is 5.91 Å². The highest BCUT2D eigenvalue weighted by Gasteiger charge is 2.34. The fourth-order valence-electron chi connectivity index (χ4n) is 2.89. The Kier molecular flexibility index (Phi) is 4.71. The Balaban J connectivity index is 1.91. The zero-order chi connectivity index (χ0) is 14.9. The summed E-state index contributed by atoms with van der Waals surface area (Å²) in [5, 5.41) is 3.38. The number of hydrogen-bond donors (Lipinski definition) is 1. The van der Waals surface area contributed by atoms with E-state index in [1.807, 2.05) is 0 Å². The predicted molar refractivity (Wildman–Crippen MR) is 78.3 cm³/mol. The number of amides is 1. The predicted octanol–water partition coefficient (Wildman–Crippen LogP) is -0.686. The summed E-state index contributed by atoms with van der Waals surface area (Å²) in [6.07, 6.45) is 0.568. The van der Waals surface area contributed by atoms with Crippen molar-refractivity contribution in [2.45, 2.75) is 38.4 Å². The van der Waals surface area contributed by atoms with Crippen LogP contribution in [0.4, 0.5) is 0 Å². The Labute approximate surface area is 121 Å². The lowest BCUT2D eigenvalue weighted by molar-refractivity contribution is -0.133. The molecule has 0 saturated carbocycles. The van der Waals surface area contributed by atoms with E-state index in [9.17, 15) is 13.2 Å². The van der Waals surface area contributed by atoms with Gasteiger partial charge in [-0.25, -0.2) is 8.42 Å². The third kappa shape index (κ3) is 3.71. The molecule has 0 spiro atoms. The van der Waals surface area contributed by atoms with Gasteiger partial charge in [0, 0.05) is 38.3 Å². The molecule has 0 radical (unpaired) electrons. The minimum Gasteiger partial charge on any atom is -0.341 e. The lowest BCUT2D eigenvalue weighted by Gasteiger charge is -2.38. The first kappa shape index (κ1) is 15.7. The molecule has 20 heavy (non-hydrogen) atoms. The van der Waals surface area contributed by atoms with Crippen molar-refractivity contribution in [2.24, 2.45) is 0 Å². The van der Waals surface area contributed by atoms with E-state index in [4.69, 9.17) is 0 Å². The molecule has 2 rings (SSSR count). The van der Waals surface area contributed by atoms with E-state index in [-0.39, 0.29) is 23.5 Å². The summed E-state index contributed by atoms with van der Waals surface area (Å²) in [6, 6.07) is 0.565. The maximum absolute atomic E-state index is 12.3. The number of carbonyl (C=O) groups excluding carboxylic acids is 1. The van der Waals surface area contributed by atoms with E-state index in [2.05, 4.69) is 24.1 Å². The van der Waals surface area contributed by atoms with Gasteiger partial charge in [-0.2, -0.15) is 0 Å². The second-order valence-electron chi connectivity index (χ2n) is 6.15. The van der Waals surface area contributed by atoms with Crippen LogP contribution >= 0.6 is 0 Å². The van der Waals surface area contributed by atoms with E-state index in [1.165, 1.54) is 0 Å². The SMILES string of the molecule is CC1CN(CC(=O)N(C)C2CCS(=O)(=O)C2)C(C)CN1. The topological polar surface area (TPSA) is 69.7 Å². The third-order valence-electron chi connectivity index (χ3n) is 4.38. The molecule has 2 aliphatic heterocycles. The first-order valence-corrected chi connectivity index (χ1v) is 9.04. The van der Waals surface area contributed by atoms with Crippen molar-refractivity contribution < 1.29 is 13.2 Å². The summed E-state index contributed by atoms with van der Waals surface area (Å²) in [4.78, 5) is 16.1. The normalized spacial score (nSPS) is 34.0. The average molecular weight is 303 g/mol. The van der Waals surface area contributed by atoms with Crippen LogP contribution in [0.25, 0.3) is 0 Å². The Bertz CT molecular complexity index is 465. The highest BCUT2D eigenvalue weighted by Crippen LogP contribution is 2.17. The van der Waals surface area contributed by atoms with Gasteiger partial charge in [-0.05, 0) is 20.3 Å². The molecule has 1 amide bonds. The summed E-state index contributed by atoms with van der Waals surface area (Å²) in [5.74, 6) is 0.340. The summed E-state index contributed by atoms with van der Waals surface area (Å²) in [5.41, 5.74) is 0. The summed E-state index contributed by atoms with van der Waals surface area (Å²) >= 11 is 0. The van der Waals surface area contributed by atoms with E-state index in [1.54, 1.807) is 11.9 Å². The number of rotatable bonds is 3. The first-order valence-electron chi connectivity index (χ1n) is 7.22. The molecule has 0 aromatic rings. The molecule has 3 atom stereocenters. The molecule has 1 N–H and O–H groups in total. The number of piperazine rings is 1. The number of likely N-dealkylation sites (N-methyl/N-ethyl adjacent to an activating group) is 1. The molecule has 0 bridgehead atoms. The smallest absolute Gasteiger partial charge is 0.236 e. The number of nitrogens with one attached hydrogen (secondary N) is 1. The second kappa shape index (κ2) is 5.99. The van der Waals surface area contributed by atoms with Crippen molar-refractivity contribution in [2.75, 3.05) is 38.2 Å². The molecule has 2 heterocycles. The fourth-order valence-corrected chi connectivity index (χ4v) is 4.66. The molecular weight excluding hydrogens is 278 g/mol. The van der Waals surface area contributed by atoms with Crippen molar-refractivity contribution in [3.63, 3.8) is 0 Å². The highest BCUT2D eigenvalue weighted by atomic mass is 32.2. The van der Waals surface area contributed by atoms with E-state index in [0.29, 0.717) is 25.0 Å². The van der Waals surface area contributed by atoms with Crippen LogP contribution in [0.3, 0.4) is 0 Å². The van der Waals surface area contributed by atoms with Gasteiger partial charge in [0.1, 0.15) is 0 Å². The van der Waals surface area contributed by atoms with Crippen LogP contribution < -0.4 is 5.32 Å². The number of nitrogens with zero attached hydrogens (tertiary/aromatic N) is 2. The third-order valence-corrected chi connectivity index (χ3v) is 6.13. The Morgan fingerprint density at radius 1 is 1.40 bits per heavy atom. The summed E-state index contributed by atoms with van der Waals surface area (Å²) < 4.78 is 23.0. The summed E-state index contributed by atoms with van der Waals surface area (Å²) in [7, 11) is -1.22. The van der Waals surface area contributed by atoms with Crippen molar-refractivity contribution in [3.05, 3.63) is 0 Å². The van der Waals surface area contributed by atoms with Crippen LogP contribution in [0.2, 0.25) is 0 Å². The monoisotopic (exact) mass is 303 g/mol. The zero-order valence-electron chi connectivity index (χ0n) is 12.5. The average Bonchev–Trinajstić information content (AvgIpc) is 2.73. The summed E-state index contributed by atoms with van der Waals surface area (Å²) in [6.45, 7) is 6.32. The van der Waals surface area contributed by atoms with E-state index < -0.39 is 9.84 Å². The largest absolute Gasteiger partial charge is 0.341 e. The maximum Gasteiger partial charge on any atom is 0.236 e. The maximum atomic E-state index is 12.3. The Morgan fingerprint density at radius 3 is 2.70 bits per heavy atom. The van der Waals surface area contributed by atoms with Gasteiger partial charge in [0.15, 0.2) is 9.84 Å². The van der Waals surface area contributed by atoms with Gasteiger partial charge in [-0.3, -0.25) is 9.69 Å². The molecule has 2 aliphatic rings. The molecule has 2 fully saturated rings. The Morgan fingerprint density at radius 2 is 2.10 bits per heavy atom. The molecule has 0 aromatic heterocycles. The highest BCUT2D eigenvalue weighted by molar-refractivity contribution is 7.91. The zero-order valence-corrected chi connectivity index (χ0v) is 13.3. The quantitative estimate of drug-likeness (QED) is 0.748. The van der Waals surface area contributed by atoms with Crippen LogP contribution in [0.1, 0.15) is 20.3 Å².